The van der Waals surface area contributed by atoms with Crippen molar-refractivity contribution in [1.29, 1.82) is 0 Å². The molecule has 0 fully saturated rings. The molecule has 0 spiro atoms. The molecule has 0 heterocycles. The van der Waals surface area contributed by atoms with Gasteiger partial charge < -0.3 is 10.5 Å². The van der Waals surface area contributed by atoms with Crippen LogP contribution in [0.3, 0.4) is 0 Å². The Morgan fingerprint density at radius 2 is 1.75 bits per heavy atom. The first-order valence-corrected chi connectivity index (χ1v) is 7.91. The summed E-state index contributed by atoms with van der Waals surface area (Å²) in [4.78, 5) is 0. The van der Waals surface area contributed by atoms with Gasteiger partial charge in [-0.2, -0.15) is 0 Å². The highest BCUT2D eigenvalue weighted by molar-refractivity contribution is 6.30. The topological polar surface area (TPSA) is 35.2 Å². The fourth-order valence-corrected chi connectivity index (χ4v) is 2.88. The van der Waals surface area contributed by atoms with E-state index in [-0.39, 0.29) is 6.04 Å². The summed E-state index contributed by atoms with van der Waals surface area (Å²) in [6.45, 7) is 8.60. The van der Waals surface area contributed by atoms with Gasteiger partial charge in [-0.1, -0.05) is 32.4 Å². The van der Waals surface area contributed by atoms with Gasteiger partial charge in [-0.15, -0.1) is 0 Å². The number of hydrogen-bond donors (Lipinski definition) is 1. The minimum absolute atomic E-state index is 0.235. The third-order valence-electron chi connectivity index (χ3n) is 3.84. The molecule has 0 aliphatic carbocycles. The van der Waals surface area contributed by atoms with Gasteiger partial charge in [-0.05, 0) is 61.3 Å². The van der Waals surface area contributed by atoms with E-state index in [0.29, 0.717) is 11.8 Å². The molecule has 1 aromatic carbocycles. The number of benzene rings is 1. The van der Waals surface area contributed by atoms with Crippen molar-refractivity contribution in [3.63, 3.8) is 0 Å². The molecule has 0 radical (unpaired) electrons. The molecule has 1 rings (SSSR count). The van der Waals surface area contributed by atoms with Crippen molar-refractivity contribution in [2.75, 3.05) is 7.11 Å². The summed E-state index contributed by atoms with van der Waals surface area (Å²) in [5, 5.41) is 0.795. The second kappa shape index (κ2) is 7.90. The minimum atomic E-state index is 0.235. The van der Waals surface area contributed by atoms with Crippen LogP contribution in [0.4, 0.5) is 0 Å². The lowest BCUT2D eigenvalue weighted by Gasteiger charge is -2.23. The van der Waals surface area contributed by atoms with Gasteiger partial charge in [0, 0.05) is 11.1 Å². The Morgan fingerprint density at radius 3 is 2.20 bits per heavy atom. The number of methoxy groups -OCH3 is 1. The molecule has 2 nitrogen and oxygen atoms in total. The number of rotatable bonds is 7. The number of hydrogen-bond acceptors (Lipinski definition) is 2. The van der Waals surface area contributed by atoms with Gasteiger partial charge in [-0.3, -0.25) is 0 Å². The average molecular weight is 298 g/mol. The molecule has 0 saturated carbocycles. The van der Waals surface area contributed by atoms with E-state index >= 15 is 0 Å². The Kier molecular flexibility index (Phi) is 6.84. The van der Waals surface area contributed by atoms with Crippen molar-refractivity contribution in [3.8, 4) is 5.75 Å². The molecular weight excluding hydrogens is 270 g/mol. The highest BCUT2D eigenvalue weighted by Gasteiger charge is 2.20. The quantitative estimate of drug-likeness (QED) is 0.760. The van der Waals surface area contributed by atoms with E-state index in [9.17, 15) is 0 Å². The summed E-state index contributed by atoms with van der Waals surface area (Å²) in [7, 11) is 1.75. The van der Waals surface area contributed by atoms with Crippen molar-refractivity contribution in [3.05, 3.63) is 28.3 Å². The summed E-state index contributed by atoms with van der Waals surface area (Å²) in [6, 6.07) is 4.31. The zero-order chi connectivity index (χ0) is 15.3. The molecule has 0 saturated heterocycles. The Hall–Kier alpha value is -0.730. The van der Waals surface area contributed by atoms with Crippen LogP contribution in [0.25, 0.3) is 0 Å². The van der Waals surface area contributed by atoms with Crippen LogP contribution in [0.15, 0.2) is 12.1 Å². The maximum absolute atomic E-state index is 6.31. The molecule has 2 unspecified atom stereocenters. The Morgan fingerprint density at radius 1 is 1.15 bits per heavy atom. The summed E-state index contributed by atoms with van der Waals surface area (Å²) >= 11 is 6.31. The second-order valence-electron chi connectivity index (χ2n) is 5.93. The second-order valence-corrected chi connectivity index (χ2v) is 6.37. The van der Waals surface area contributed by atoms with Crippen LogP contribution >= 0.6 is 11.6 Å². The van der Waals surface area contributed by atoms with E-state index in [2.05, 4.69) is 33.8 Å². The van der Waals surface area contributed by atoms with Gasteiger partial charge in [0.15, 0.2) is 0 Å². The van der Waals surface area contributed by atoms with E-state index in [4.69, 9.17) is 22.1 Å². The van der Waals surface area contributed by atoms with Crippen molar-refractivity contribution in [2.45, 2.75) is 64.8 Å². The van der Waals surface area contributed by atoms with Crippen molar-refractivity contribution >= 4 is 11.6 Å². The Bertz CT molecular complexity index is 429. The van der Waals surface area contributed by atoms with Crippen LogP contribution in [0, 0.1) is 0 Å². The maximum atomic E-state index is 6.31. The molecule has 3 heteroatoms. The number of halogens is 1. The van der Waals surface area contributed by atoms with Crippen molar-refractivity contribution in [1.82, 2.24) is 0 Å². The first-order chi connectivity index (χ1) is 9.40. The summed E-state index contributed by atoms with van der Waals surface area (Å²) in [5.74, 6) is 1.85. The SMILES string of the molecule is CCC(CCC(C)N)c1cc(Cl)cc(C(C)C)c1OC. The maximum Gasteiger partial charge on any atom is 0.125 e. The number of nitrogens with two attached hydrogens (primary N) is 1. The van der Waals surface area contributed by atoms with E-state index in [1.807, 2.05) is 6.07 Å². The van der Waals surface area contributed by atoms with Crippen LogP contribution in [0.2, 0.25) is 5.02 Å². The van der Waals surface area contributed by atoms with Crippen molar-refractivity contribution < 1.29 is 4.74 Å². The lowest BCUT2D eigenvalue weighted by molar-refractivity contribution is 0.393. The predicted octanol–water partition coefficient (Wildman–Crippen LogP) is 5.09. The van der Waals surface area contributed by atoms with Crippen LogP contribution < -0.4 is 10.5 Å². The molecule has 114 valence electrons. The predicted molar refractivity (Wildman–Crippen MR) is 88.0 cm³/mol. The van der Waals surface area contributed by atoms with Crippen LogP contribution in [-0.4, -0.2) is 13.2 Å². The van der Waals surface area contributed by atoms with Gasteiger partial charge in [0.2, 0.25) is 0 Å². The molecule has 1 aromatic rings. The monoisotopic (exact) mass is 297 g/mol. The third-order valence-corrected chi connectivity index (χ3v) is 4.06. The lowest BCUT2D eigenvalue weighted by atomic mass is 9.87. The molecule has 0 aliphatic rings. The first-order valence-electron chi connectivity index (χ1n) is 7.53. The lowest BCUT2D eigenvalue weighted by Crippen LogP contribution is -2.16. The van der Waals surface area contributed by atoms with E-state index in [1.165, 1.54) is 11.1 Å². The van der Waals surface area contributed by atoms with Gasteiger partial charge in [0.05, 0.1) is 7.11 Å². The van der Waals surface area contributed by atoms with E-state index in [0.717, 1.165) is 30.0 Å². The smallest absolute Gasteiger partial charge is 0.125 e. The Labute approximate surface area is 128 Å². The Balaban J connectivity index is 3.19. The van der Waals surface area contributed by atoms with Gasteiger partial charge in [-0.25, -0.2) is 0 Å². The van der Waals surface area contributed by atoms with Crippen LogP contribution in [-0.2, 0) is 0 Å². The summed E-state index contributed by atoms with van der Waals surface area (Å²) < 4.78 is 5.69. The van der Waals surface area contributed by atoms with Gasteiger partial charge >= 0.3 is 0 Å². The molecule has 2 atom stereocenters. The van der Waals surface area contributed by atoms with E-state index in [1.54, 1.807) is 7.11 Å². The normalized spacial score (nSPS) is 14.4. The van der Waals surface area contributed by atoms with Crippen LogP contribution in [0.5, 0.6) is 5.75 Å². The highest BCUT2D eigenvalue weighted by atomic mass is 35.5. The van der Waals surface area contributed by atoms with Gasteiger partial charge in [0.25, 0.3) is 0 Å². The zero-order valence-electron chi connectivity index (χ0n) is 13.4. The standard InChI is InChI=1S/C17H28ClNO/c1-6-13(8-7-12(4)19)16-10-14(18)9-15(11(2)3)17(16)20-5/h9-13H,6-8,19H2,1-5H3. The molecule has 2 N–H and O–H groups in total. The van der Waals surface area contributed by atoms with Gasteiger partial charge in [0.1, 0.15) is 5.75 Å². The molecule has 20 heavy (non-hydrogen) atoms. The first kappa shape index (κ1) is 17.3. The third kappa shape index (κ3) is 4.39. The van der Waals surface area contributed by atoms with E-state index < -0.39 is 0 Å². The fourth-order valence-electron chi connectivity index (χ4n) is 2.65. The largest absolute Gasteiger partial charge is 0.496 e. The fraction of sp³-hybridized carbons (Fsp3) is 0.647. The summed E-state index contributed by atoms with van der Waals surface area (Å²) in [5.41, 5.74) is 8.31. The highest BCUT2D eigenvalue weighted by Crippen LogP contribution is 2.40. The number of ether oxygens (including phenoxy) is 1. The average Bonchev–Trinajstić information content (AvgIpc) is 2.38. The molecule has 0 bridgehead atoms. The minimum Gasteiger partial charge on any atom is -0.496 e. The molecular formula is C17H28ClNO. The zero-order valence-corrected chi connectivity index (χ0v) is 14.1. The molecule has 0 amide bonds. The van der Waals surface area contributed by atoms with Crippen LogP contribution in [0.1, 0.15) is 69.9 Å². The molecule has 0 aliphatic heterocycles. The summed E-state index contributed by atoms with van der Waals surface area (Å²) in [6.07, 6.45) is 3.16. The van der Waals surface area contributed by atoms with Crippen molar-refractivity contribution in [2.24, 2.45) is 5.73 Å². The molecule has 0 aromatic heterocycles.